The Hall–Kier alpha value is -2.11. The lowest BCUT2D eigenvalue weighted by Crippen LogP contribution is -2.35. The van der Waals surface area contributed by atoms with Crippen LogP contribution in [0.2, 0.25) is 0 Å². The van der Waals surface area contributed by atoms with Crippen molar-refractivity contribution >= 4 is 0 Å². The molecule has 1 aromatic heterocycles. The summed E-state index contributed by atoms with van der Waals surface area (Å²) >= 11 is 0. The molecule has 2 aromatic rings. The Morgan fingerprint density at radius 3 is 2.61 bits per heavy atom. The summed E-state index contributed by atoms with van der Waals surface area (Å²) in [6.07, 6.45) is 1.67. The number of benzene rings is 1. The van der Waals surface area contributed by atoms with Crippen LogP contribution in [0.5, 0.6) is 11.5 Å². The van der Waals surface area contributed by atoms with Gasteiger partial charge in [-0.3, -0.25) is 4.98 Å². The summed E-state index contributed by atoms with van der Waals surface area (Å²) in [5, 5.41) is 11.0. The van der Waals surface area contributed by atoms with E-state index in [2.05, 4.69) is 4.98 Å². The fourth-order valence-electron chi connectivity index (χ4n) is 3.15. The molecule has 122 valence electrons. The zero-order valence-corrected chi connectivity index (χ0v) is 13.4. The number of methoxy groups -OCH3 is 2. The minimum Gasteiger partial charge on any atom is -0.493 e. The Labute approximate surface area is 135 Å². The van der Waals surface area contributed by atoms with Crippen LogP contribution in [0.25, 0.3) is 0 Å². The van der Waals surface area contributed by atoms with Crippen LogP contribution in [0.4, 0.5) is 0 Å². The number of nitrogens with zero attached hydrogens (tertiary/aromatic N) is 1. The van der Waals surface area contributed by atoms with E-state index in [1.807, 2.05) is 36.4 Å². The number of hydrogen-bond acceptors (Lipinski definition) is 5. The van der Waals surface area contributed by atoms with Crippen LogP contribution in [0, 0.1) is 0 Å². The van der Waals surface area contributed by atoms with Crippen molar-refractivity contribution in [2.75, 3.05) is 27.4 Å². The van der Waals surface area contributed by atoms with E-state index < -0.39 is 11.5 Å². The van der Waals surface area contributed by atoms with E-state index in [1.54, 1.807) is 20.4 Å². The van der Waals surface area contributed by atoms with Gasteiger partial charge in [0.1, 0.15) is 6.10 Å². The van der Waals surface area contributed by atoms with Gasteiger partial charge in [0.25, 0.3) is 0 Å². The number of aliphatic hydroxyl groups is 1. The van der Waals surface area contributed by atoms with Gasteiger partial charge in [0, 0.05) is 12.8 Å². The second-order valence-electron chi connectivity index (χ2n) is 5.69. The van der Waals surface area contributed by atoms with Crippen molar-refractivity contribution in [2.24, 2.45) is 0 Å². The first-order valence-corrected chi connectivity index (χ1v) is 7.60. The molecule has 1 fully saturated rings. The van der Waals surface area contributed by atoms with Gasteiger partial charge in [0.2, 0.25) is 0 Å². The van der Waals surface area contributed by atoms with Gasteiger partial charge < -0.3 is 19.3 Å². The van der Waals surface area contributed by atoms with Gasteiger partial charge in [-0.05, 0) is 36.2 Å². The van der Waals surface area contributed by atoms with Crippen LogP contribution in [0.3, 0.4) is 0 Å². The summed E-state index contributed by atoms with van der Waals surface area (Å²) in [5.74, 6) is 1.31. The van der Waals surface area contributed by atoms with E-state index in [9.17, 15) is 5.11 Å². The summed E-state index contributed by atoms with van der Waals surface area (Å²) in [4.78, 5) is 4.31. The van der Waals surface area contributed by atoms with Crippen molar-refractivity contribution in [3.05, 3.63) is 53.9 Å². The maximum Gasteiger partial charge on any atom is 0.161 e. The molecule has 0 aliphatic carbocycles. The first-order chi connectivity index (χ1) is 11.2. The molecular weight excluding hydrogens is 294 g/mol. The SMILES string of the molecule is COc1ccc(C2(C(O)c3ccccn3)CCOC2)cc1OC. The quantitative estimate of drug-likeness (QED) is 0.918. The number of aliphatic hydroxyl groups excluding tert-OH is 1. The van der Waals surface area contributed by atoms with Crippen LogP contribution >= 0.6 is 0 Å². The predicted molar refractivity (Wildman–Crippen MR) is 85.9 cm³/mol. The molecule has 5 heteroatoms. The van der Waals surface area contributed by atoms with E-state index in [0.717, 1.165) is 12.0 Å². The minimum absolute atomic E-state index is 0.445. The van der Waals surface area contributed by atoms with Gasteiger partial charge in [-0.1, -0.05) is 12.1 Å². The Balaban J connectivity index is 2.05. The topological polar surface area (TPSA) is 60.8 Å². The Morgan fingerprint density at radius 2 is 2.00 bits per heavy atom. The van der Waals surface area contributed by atoms with Gasteiger partial charge in [0.15, 0.2) is 11.5 Å². The molecule has 2 unspecified atom stereocenters. The largest absolute Gasteiger partial charge is 0.493 e. The van der Waals surface area contributed by atoms with Crippen LogP contribution < -0.4 is 9.47 Å². The fourth-order valence-corrected chi connectivity index (χ4v) is 3.15. The van der Waals surface area contributed by atoms with Crippen molar-refractivity contribution in [3.63, 3.8) is 0 Å². The molecule has 5 nitrogen and oxygen atoms in total. The maximum atomic E-state index is 11.0. The van der Waals surface area contributed by atoms with Gasteiger partial charge >= 0.3 is 0 Å². The van der Waals surface area contributed by atoms with Crippen molar-refractivity contribution in [1.82, 2.24) is 4.98 Å². The van der Waals surface area contributed by atoms with Crippen LogP contribution in [-0.4, -0.2) is 37.5 Å². The lowest BCUT2D eigenvalue weighted by Gasteiger charge is -2.33. The highest BCUT2D eigenvalue weighted by molar-refractivity contribution is 5.46. The number of aromatic nitrogens is 1. The average Bonchev–Trinajstić information content (AvgIpc) is 3.12. The van der Waals surface area contributed by atoms with E-state index in [1.165, 1.54) is 0 Å². The molecule has 1 aliphatic heterocycles. The Bertz CT molecular complexity index is 653. The smallest absolute Gasteiger partial charge is 0.161 e. The molecule has 2 heterocycles. The third-order valence-electron chi connectivity index (χ3n) is 4.50. The zero-order chi connectivity index (χ0) is 16.3. The number of ether oxygens (including phenoxy) is 3. The molecule has 23 heavy (non-hydrogen) atoms. The lowest BCUT2D eigenvalue weighted by molar-refractivity contribution is 0.0614. The van der Waals surface area contributed by atoms with E-state index in [-0.39, 0.29) is 0 Å². The molecule has 0 radical (unpaired) electrons. The summed E-state index contributed by atoms with van der Waals surface area (Å²) in [7, 11) is 3.21. The summed E-state index contributed by atoms with van der Waals surface area (Å²) in [6, 6.07) is 11.3. The number of hydrogen-bond donors (Lipinski definition) is 1. The Kier molecular flexibility index (Phi) is 4.50. The summed E-state index contributed by atoms with van der Waals surface area (Å²) in [6.45, 7) is 1.05. The molecule has 1 aromatic carbocycles. The lowest BCUT2D eigenvalue weighted by atomic mass is 9.73. The van der Waals surface area contributed by atoms with Crippen molar-refractivity contribution in [1.29, 1.82) is 0 Å². The van der Waals surface area contributed by atoms with Crippen molar-refractivity contribution < 1.29 is 19.3 Å². The van der Waals surface area contributed by atoms with Gasteiger partial charge in [-0.2, -0.15) is 0 Å². The molecular formula is C18H21NO4. The first kappa shape index (κ1) is 15.8. The molecule has 1 aliphatic rings. The average molecular weight is 315 g/mol. The second-order valence-corrected chi connectivity index (χ2v) is 5.69. The standard InChI is InChI=1S/C18H21NO4/c1-21-15-7-6-13(11-16(15)22-2)18(8-10-23-12-18)17(20)14-5-3-4-9-19-14/h3-7,9,11,17,20H,8,10,12H2,1-2H3. The monoisotopic (exact) mass is 315 g/mol. The molecule has 2 atom stereocenters. The molecule has 0 spiro atoms. The normalized spacial score (nSPS) is 21.9. The highest BCUT2D eigenvalue weighted by Gasteiger charge is 2.45. The third-order valence-corrected chi connectivity index (χ3v) is 4.50. The van der Waals surface area contributed by atoms with Gasteiger partial charge in [0.05, 0.1) is 31.9 Å². The van der Waals surface area contributed by atoms with E-state index in [0.29, 0.717) is 30.4 Å². The highest BCUT2D eigenvalue weighted by Crippen LogP contribution is 2.45. The van der Waals surface area contributed by atoms with Gasteiger partial charge in [-0.15, -0.1) is 0 Å². The van der Waals surface area contributed by atoms with E-state index in [4.69, 9.17) is 14.2 Å². The highest BCUT2D eigenvalue weighted by atomic mass is 16.5. The minimum atomic E-state index is -0.746. The molecule has 0 saturated carbocycles. The molecule has 1 N–H and O–H groups in total. The van der Waals surface area contributed by atoms with Crippen LogP contribution in [0.1, 0.15) is 23.8 Å². The molecule has 3 rings (SSSR count). The van der Waals surface area contributed by atoms with E-state index >= 15 is 0 Å². The first-order valence-electron chi connectivity index (χ1n) is 7.60. The zero-order valence-electron chi connectivity index (χ0n) is 13.4. The number of rotatable bonds is 5. The van der Waals surface area contributed by atoms with Crippen molar-refractivity contribution in [3.8, 4) is 11.5 Å². The Morgan fingerprint density at radius 1 is 1.17 bits per heavy atom. The number of pyridine rings is 1. The third kappa shape index (κ3) is 2.78. The second kappa shape index (κ2) is 6.56. The molecule has 0 bridgehead atoms. The summed E-state index contributed by atoms with van der Waals surface area (Å²) in [5.41, 5.74) is 1.08. The maximum absolute atomic E-state index is 11.0. The molecule has 0 amide bonds. The predicted octanol–water partition coefficient (Wildman–Crippen LogP) is 2.49. The fraction of sp³-hybridized carbons (Fsp3) is 0.389. The van der Waals surface area contributed by atoms with Crippen molar-refractivity contribution in [2.45, 2.75) is 17.9 Å². The van der Waals surface area contributed by atoms with Crippen LogP contribution in [-0.2, 0) is 10.2 Å². The van der Waals surface area contributed by atoms with Gasteiger partial charge in [-0.25, -0.2) is 0 Å². The summed E-state index contributed by atoms with van der Waals surface area (Å²) < 4.78 is 16.3. The molecule has 1 saturated heterocycles. The van der Waals surface area contributed by atoms with Crippen LogP contribution in [0.15, 0.2) is 42.6 Å².